The number of ether oxygens (including phenoxy) is 3. The number of allylic oxidation sites excluding steroid dienone is 2. The first-order valence-corrected chi connectivity index (χ1v) is 10.4. The predicted molar refractivity (Wildman–Crippen MR) is 115 cm³/mol. The lowest BCUT2D eigenvalue weighted by molar-refractivity contribution is -0.116. The molecule has 0 saturated carbocycles. The molecule has 2 aromatic carbocycles. The van der Waals surface area contributed by atoms with Crippen LogP contribution < -0.4 is 9.47 Å². The van der Waals surface area contributed by atoms with Gasteiger partial charge < -0.3 is 14.2 Å². The predicted octanol–water partition coefficient (Wildman–Crippen LogP) is 5.17. The number of nitrogens with zero attached hydrogens (tertiary/aromatic N) is 1. The molecule has 2 unspecified atom stereocenters. The van der Waals surface area contributed by atoms with E-state index in [9.17, 15) is 10.1 Å². The molecule has 0 amide bonds. The first-order valence-electron chi connectivity index (χ1n) is 9.99. The number of ketones is 1. The maximum Gasteiger partial charge on any atom is 0.205 e. The molecule has 2 aromatic rings. The summed E-state index contributed by atoms with van der Waals surface area (Å²) in [5.74, 6) is 0.273. The summed E-state index contributed by atoms with van der Waals surface area (Å²) in [4.78, 5) is 12.7. The van der Waals surface area contributed by atoms with Crippen LogP contribution in [0.2, 0.25) is 5.02 Å². The summed E-state index contributed by atoms with van der Waals surface area (Å²) in [5.41, 5.74) is 2.05. The molecule has 0 aromatic heterocycles. The maximum atomic E-state index is 12.7. The quantitative estimate of drug-likeness (QED) is 0.698. The molecule has 1 aliphatic carbocycles. The van der Waals surface area contributed by atoms with Gasteiger partial charge in [0.15, 0.2) is 5.78 Å². The summed E-state index contributed by atoms with van der Waals surface area (Å²) in [5, 5.41) is 18.6. The molecule has 1 N–H and O–H groups in total. The van der Waals surface area contributed by atoms with Crippen molar-refractivity contribution in [2.45, 2.75) is 31.8 Å². The zero-order chi connectivity index (χ0) is 22.0. The lowest BCUT2D eigenvalue weighted by Crippen LogP contribution is -2.34. The number of carbonyl (C=O) groups excluding carboxylic acids is 1. The SMILES string of the molecule is COc1ccc(C2C3=C(CCCC3=O)OC(=N)C2C#N)cc1COc1ccc(Cl)cc1. The highest BCUT2D eigenvalue weighted by Gasteiger charge is 2.42. The molecule has 0 bridgehead atoms. The van der Waals surface area contributed by atoms with E-state index in [0.29, 0.717) is 47.1 Å². The Balaban J connectivity index is 1.71. The number of nitrogens with one attached hydrogen (secondary N) is 1. The largest absolute Gasteiger partial charge is 0.496 e. The average Bonchev–Trinajstić information content (AvgIpc) is 2.77. The molecule has 0 spiro atoms. The summed E-state index contributed by atoms with van der Waals surface area (Å²) in [6.07, 6.45) is 1.71. The second-order valence-corrected chi connectivity index (χ2v) is 7.91. The lowest BCUT2D eigenvalue weighted by Gasteiger charge is -2.34. The van der Waals surface area contributed by atoms with Gasteiger partial charge in [-0.2, -0.15) is 5.26 Å². The Labute approximate surface area is 185 Å². The van der Waals surface area contributed by atoms with Crippen LogP contribution in [-0.4, -0.2) is 18.8 Å². The molecule has 0 saturated heterocycles. The highest BCUT2D eigenvalue weighted by atomic mass is 35.5. The standard InChI is InChI=1S/C24H21ClN2O4/c1-29-20-10-5-14(11-15(20)13-30-17-8-6-16(25)7-9-17)22-18(12-26)24(27)31-21-4-2-3-19(28)23(21)22/h5-11,18,22,27H,2-4,13H2,1H3. The molecular formula is C24H21ClN2O4. The van der Waals surface area contributed by atoms with E-state index in [1.807, 2.05) is 12.1 Å². The van der Waals surface area contributed by atoms with Gasteiger partial charge in [-0.15, -0.1) is 0 Å². The van der Waals surface area contributed by atoms with Crippen LogP contribution in [0.5, 0.6) is 11.5 Å². The van der Waals surface area contributed by atoms with E-state index in [1.165, 1.54) is 0 Å². The first kappa shape index (κ1) is 21.0. The van der Waals surface area contributed by atoms with Crippen LogP contribution in [0, 0.1) is 22.7 Å². The Morgan fingerprint density at radius 1 is 1.23 bits per heavy atom. The number of halogens is 1. The maximum absolute atomic E-state index is 12.7. The number of nitriles is 1. The van der Waals surface area contributed by atoms with E-state index >= 15 is 0 Å². The smallest absolute Gasteiger partial charge is 0.205 e. The van der Waals surface area contributed by atoms with Crippen molar-refractivity contribution in [1.29, 1.82) is 10.7 Å². The fraction of sp³-hybridized carbons (Fsp3) is 0.292. The molecule has 1 heterocycles. The van der Waals surface area contributed by atoms with Gasteiger partial charge in [0.25, 0.3) is 0 Å². The third-order valence-electron chi connectivity index (χ3n) is 5.58. The normalized spacial score (nSPS) is 20.5. The Hall–Kier alpha value is -3.30. The van der Waals surface area contributed by atoms with Gasteiger partial charge in [0, 0.05) is 34.9 Å². The molecule has 2 atom stereocenters. The minimum Gasteiger partial charge on any atom is -0.496 e. The number of carbonyl (C=O) groups is 1. The molecule has 31 heavy (non-hydrogen) atoms. The summed E-state index contributed by atoms with van der Waals surface area (Å²) in [6.45, 7) is 0.233. The zero-order valence-electron chi connectivity index (χ0n) is 17.0. The van der Waals surface area contributed by atoms with Crippen LogP contribution in [0.15, 0.2) is 53.8 Å². The third kappa shape index (κ3) is 4.14. The van der Waals surface area contributed by atoms with Gasteiger partial charge in [-0.05, 0) is 48.4 Å². The zero-order valence-corrected chi connectivity index (χ0v) is 17.7. The topological polar surface area (TPSA) is 92.4 Å². The highest BCUT2D eigenvalue weighted by Crippen LogP contribution is 2.44. The van der Waals surface area contributed by atoms with Crippen molar-refractivity contribution in [3.8, 4) is 17.6 Å². The van der Waals surface area contributed by atoms with E-state index in [1.54, 1.807) is 37.4 Å². The second-order valence-electron chi connectivity index (χ2n) is 7.48. The average molecular weight is 437 g/mol. The van der Waals surface area contributed by atoms with Crippen LogP contribution in [-0.2, 0) is 16.1 Å². The van der Waals surface area contributed by atoms with Gasteiger partial charge in [0.1, 0.15) is 29.8 Å². The van der Waals surface area contributed by atoms with Crippen molar-refractivity contribution in [3.63, 3.8) is 0 Å². The molecule has 4 rings (SSSR count). The van der Waals surface area contributed by atoms with Crippen molar-refractivity contribution in [2.24, 2.45) is 5.92 Å². The van der Waals surface area contributed by atoms with Crippen LogP contribution in [0.1, 0.15) is 36.3 Å². The Morgan fingerprint density at radius 3 is 2.71 bits per heavy atom. The van der Waals surface area contributed by atoms with Gasteiger partial charge >= 0.3 is 0 Å². The van der Waals surface area contributed by atoms with Crippen molar-refractivity contribution >= 4 is 23.3 Å². The van der Waals surface area contributed by atoms with Crippen LogP contribution >= 0.6 is 11.6 Å². The molecule has 2 aliphatic rings. The first-order chi connectivity index (χ1) is 15.0. The number of hydrogen-bond donors (Lipinski definition) is 1. The van der Waals surface area contributed by atoms with Gasteiger partial charge in [0.2, 0.25) is 5.90 Å². The van der Waals surface area contributed by atoms with E-state index in [2.05, 4.69) is 6.07 Å². The minimum atomic E-state index is -0.862. The number of hydrogen-bond acceptors (Lipinski definition) is 6. The number of methoxy groups -OCH3 is 1. The molecule has 1 aliphatic heterocycles. The number of Topliss-reactive ketones (excluding diaryl/α,β-unsaturated/α-hetero) is 1. The second kappa shape index (κ2) is 8.83. The van der Waals surface area contributed by atoms with Gasteiger partial charge in [-0.1, -0.05) is 17.7 Å². The molecule has 158 valence electrons. The molecule has 0 radical (unpaired) electrons. The van der Waals surface area contributed by atoms with Gasteiger partial charge in [-0.3, -0.25) is 10.2 Å². The van der Waals surface area contributed by atoms with Gasteiger partial charge in [0.05, 0.1) is 13.2 Å². The fourth-order valence-electron chi connectivity index (χ4n) is 4.09. The monoisotopic (exact) mass is 436 g/mol. The summed E-state index contributed by atoms with van der Waals surface area (Å²) in [7, 11) is 1.58. The summed E-state index contributed by atoms with van der Waals surface area (Å²) >= 11 is 5.93. The van der Waals surface area contributed by atoms with Crippen LogP contribution in [0.4, 0.5) is 0 Å². The Bertz CT molecular complexity index is 1100. The minimum absolute atomic E-state index is 0.0196. The molecule has 7 heteroatoms. The third-order valence-corrected chi connectivity index (χ3v) is 5.83. The molecular weight excluding hydrogens is 416 g/mol. The van der Waals surface area contributed by atoms with E-state index in [-0.39, 0.29) is 18.3 Å². The number of benzene rings is 2. The lowest BCUT2D eigenvalue weighted by atomic mass is 9.74. The number of rotatable bonds is 5. The van der Waals surface area contributed by atoms with Crippen LogP contribution in [0.25, 0.3) is 0 Å². The van der Waals surface area contributed by atoms with Crippen molar-refractivity contribution < 1.29 is 19.0 Å². The fourth-order valence-corrected chi connectivity index (χ4v) is 4.22. The highest BCUT2D eigenvalue weighted by molar-refractivity contribution is 6.30. The molecule has 0 fully saturated rings. The Morgan fingerprint density at radius 2 is 2.00 bits per heavy atom. The summed E-state index contributed by atoms with van der Waals surface area (Å²) in [6, 6.07) is 14.7. The molecule has 6 nitrogen and oxygen atoms in total. The Kier molecular flexibility index (Phi) is 5.97. The van der Waals surface area contributed by atoms with Crippen molar-refractivity contribution in [2.75, 3.05) is 7.11 Å². The van der Waals surface area contributed by atoms with E-state index in [4.69, 9.17) is 31.2 Å². The van der Waals surface area contributed by atoms with Gasteiger partial charge in [-0.25, -0.2) is 0 Å². The summed E-state index contributed by atoms with van der Waals surface area (Å²) < 4.78 is 16.9. The van der Waals surface area contributed by atoms with E-state index in [0.717, 1.165) is 11.1 Å². The van der Waals surface area contributed by atoms with Crippen LogP contribution in [0.3, 0.4) is 0 Å². The van der Waals surface area contributed by atoms with E-state index < -0.39 is 11.8 Å². The van der Waals surface area contributed by atoms with Crippen molar-refractivity contribution in [1.82, 2.24) is 0 Å². The van der Waals surface area contributed by atoms with Crippen molar-refractivity contribution in [3.05, 3.63) is 69.9 Å².